The summed E-state index contributed by atoms with van der Waals surface area (Å²) in [6.07, 6.45) is 0.723. The van der Waals surface area contributed by atoms with Gasteiger partial charge in [-0.15, -0.1) is 0 Å². The van der Waals surface area contributed by atoms with E-state index in [-0.39, 0.29) is 73.1 Å². The maximum atomic E-state index is 11.8. The standard InChI is InChI=1S/C11H26O7Si2.C8H16O5Si.C3H10O2Si.2CH4BP.2CH4.Pt/c1-10(9-19(5,15-2)16-3)11(12)18-7-6-8-20(13,14)17-4;1-7(2)8(9)13-5-4-6-14(10,11)12-3;1-4-6(3)5-2;2*1-3-2;;;/h10,13-14H,6-9H2,1-5H3;10-11H,1,4-6H2,2-3H3;6H,1-3H3;2*3H,1H3;2*1H4;. The van der Waals surface area contributed by atoms with Crippen molar-refractivity contribution in [1.82, 2.24) is 0 Å². The monoisotopic (exact) mass is 995 g/mol. The van der Waals surface area contributed by atoms with E-state index in [0.29, 0.717) is 41.4 Å². The second-order valence-electron chi connectivity index (χ2n) is 9.45. The molecule has 0 aliphatic carbocycles. The molecule has 0 amide bonds. The molecule has 0 aromatic heterocycles. The molecule has 49 heavy (non-hydrogen) atoms. The van der Waals surface area contributed by atoms with E-state index in [1.54, 1.807) is 42.3 Å². The van der Waals surface area contributed by atoms with Gasteiger partial charge in [-0.3, -0.25) is 4.79 Å². The minimum Gasteiger partial charge on any atom is -0.465 e. The van der Waals surface area contributed by atoms with Gasteiger partial charge in [0.05, 0.1) is 19.1 Å². The van der Waals surface area contributed by atoms with Crippen LogP contribution in [0, 0.1) is 5.92 Å². The summed E-state index contributed by atoms with van der Waals surface area (Å²) in [5.41, 5.74) is 0.327. The summed E-state index contributed by atoms with van der Waals surface area (Å²) in [6, 6.07) is 0.732. The second kappa shape index (κ2) is 43.2. The first-order valence-electron chi connectivity index (χ1n) is 14.1. The normalized spacial score (nSPS) is 11.4. The van der Waals surface area contributed by atoms with Crippen molar-refractivity contribution in [2.75, 3.05) is 69.2 Å². The maximum Gasteiger partial charge on any atom is 0.495 e. The van der Waals surface area contributed by atoms with Crippen molar-refractivity contribution in [1.29, 1.82) is 0 Å². The van der Waals surface area contributed by atoms with Crippen molar-refractivity contribution < 1.29 is 85.9 Å². The van der Waals surface area contributed by atoms with E-state index in [0.717, 1.165) is 0 Å². The number of carbonyl (C=O) groups is 2. The summed E-state index contributed by atoms with van der Waals surface area (Å²) in [5.74, 6) is -1.12. The molecule has 3 atom stereocenters. The fourth-order valence-corrected chi connectivity index (χ4v) is 5.99. The van der Waals surface area contributed by atoms with Crippen LogP contribution in [0.3, 0.4) is 0 Å². The smallest absolute Gasteiger partial charge is 0.465 e. The van der Waals surface area contributed by atoms with Crippen LogP contribution in [0.5, 0.6) is 0 Å². The zero-order chi connectivity index (χ0) is 37.4. The molecule has 23 heteroatoms. The number of hydrogen-bond donors (Lipinski definition) is 4. The molecular formula is C26H68B2O14P2PtSi4. The number of hydrogen-bond acceptors (Lipinski definition) is 14. The van der Waals surface area contributed by atoms with Gasteiger partial charge >= 0.3 is 47.4 Å². The minimum absolute atomic E-state index is 0. The molecule has 0 aliphatic heterocycles. The first-order chi connectivity index (χ1) is 21.2. The maximum absolute atomic E-state index is 11.8. The average molecular weight is 996 g/mol. The van der Waals surface area contributed by atoms with E-state index in [1.807, 2.05) is 26.4 Å². The molecule has 0 fully saturated rings. The van der Waals surface area contributed by atoms with E-state index in [4.69, 9.17) is 51.9 Å². The Kier molecular flexibility index (Phi) is 59.9. The van der Waals surface area contributed by atoms with E-state index in [2.05, 4.69) is 15.4 Å². The molecule has 0 saturated heterocycles. The molecule has 14 nitrogen and oxygen atoms in total. The molecule has 4 radical (unpaired) electrons. The molecule has 0 aromatic rings. The summed E-state index contributed by atoms with van der Waals surface area (Å²) in [4.78, 5) is 59.5. The van der Waals surface area contributed by atoms with Crippen LogP contribution in [0.2, 0.25) is 31.2 Å². The molecule has 0 bridgehead atoms. The van der Waals surface area contributed by atoms with Crippen LogP contribution in [-0.4, -0.2) is 151 Å². The van der Waals surface area contributed by atoms with Crippen LogP contribution in [0.15, 0.2) is 12.2 Å². The summed E-state index contributed by atoms with van der Waals surface area (Å²) in [6.45, 7) is 14.7. The van der Waals surface area contributed by atoms with Crippen LogP contribution < -0.4 is 0 Å². The number of ether oxygens (including phenoxy) is 2. The molecule has 0 aromatic carbocycles. The third-order valence-corrected chi connectivity index (χ3v) is 13.1. The van der Waals surface area contributed by atoms with Crippen molar-refractivity contribution in [2.24, 2.45) is 5.92 Å². The van der Waals surface area contributed by atoms with Gasteiger partial charge in [0.25, 0.3) is 0 Å². The molecule has 0 rings (SSSR count). The summed E-state index contributed by atoms with van der Waals surface area (Å²) < 4.78 is 39.2. The van der Waals surface area contributed by atoms with Gasteiger partial charge in [0.2, 0.25) is 0 Å². The van der Waals surface area contributed by atoms with Crippen molar-refractivity contribution in [2.45, 2.75) is 72.8 Å². The average Bonchev–Trinajstić information content (AvgIpc) is 3.01. The minimum atomic E-state index is -3.55. The van der Waals surface area contributed by atoms with E-state index in [9.17, 15) is 19.2 Å². The molecule has 298 valence electrons. The van der Waals surface area contributed by atoms with Gasteiger partial charge in [-0.2, -0.15) is 16.9 Å². The Hall–Kier alpha value is 0.826. The fraction of sp³-hybridized carbons (Fsp3) is 0.846. The first kappa shape index (κ1) is 67.9. The van der Waals surface area contributed by atoms with Gasteiger partial charge in [-0.25, -0.2) is 4.79 Å². The Morgan fingerprint density at radius 1 is 0.796 bits per heavy atom. The topological polar surface area (TPSA) is 189 Å². The predicted octanol–water partition coefficient (Wildman–Crippen LogP) is 2.71. The summed E-state index contributed by atoms with van der Waals surface area (Å²) in [7, 11) is 9.39. The Morgan fingerprint density at radius 3 is 1.37 bits per heavy atom. The van der Waals surface area contributed by atoms with Crippen molar-refractivity contribution in [3.63, 3.8) is 0 Å². The van der Waals surface area contributed by atoms with E-state index < -0.39 is 41.4 Å². The molecule has 0 aliphatic rings. The Labute approximate surface area is 323 Å². The molecule has 3 unspecified atom stereocenters. The predicted molar refractivity (Wildman–Crippen MR) is 210 cm³/mol. The summed E-state index contributed by atoms with van der Waals surface area (Å²) >= 11 is 0. The molecular weight excluding hydrogens is 927 g/mol. The van der Waals surface area contributed by atoms with E-state index >= 15 is 0 Å². The zero-order valence-corrected chi connectivity index (χ0v) is 38.6. The first-order valence-corrected chi connectivity index (χ1v) is 25.9. The van der Waals surface area contributed by atoms with Crippen LogP contribution in [0.4, 0.5) is 0 Å². The van der Waals surface area contributed by atoms with Crippen molar-refractivity contribution in [3.8, 4) is 0 Å². The Morgan fingerprint density at radius 2 is 1.12 bits per heavy atom. The third-order valence-electron chi connectivity index (χ3n) is 5.38. The van der Waals surface area contributed by atoms with Gasteiger partial charge in [0.1, 0.15) is 15.1 Å². The van der Waals surface area contributed by atoms with Gasteiger partial charge in [-0.1, -0.05) is 41.7 Å². The van der Waals surface area contributed by atoms with Crippen LogP contribution in [0.25, 0.3) is 0 Å². The van der Waals surface area contributed by atoms with Gasteiger partial charge in [0, 0.05) is 87.4 Å². The van der Waals surface area contributed by atoms with Gasteiger partial charge in [-0.05, 0) is 32.9 Å². The number of carbonyl (C=O) groups excluding carboxylic acids is 2. The van der Waals surface area contributed by atoms with Crippen molar-refractivity contribution in [3.05, 3.63) is 12.2 Å². The molecule has 4 N–H and O–H groups in total. The number of esters is 2. The van der Waals surface area contributed by atoms with Crippen LogP contribution >= 0.6 is 16.9 Å². The second-order valence-corrected chi connectivity index (χ2v) is 21.0. The quantitative estimate of drug-likeness (QED) is 0.0516. The molecule has 0 saturated carbocycles. The summed E-state index contributed by atoms with van der Waals surface area (Å²) in [5, 5.41) is 0. The van der Waals surface area contributed by atoms with Crippen LogP contribution in [-0.2, 0) is 66.7 Å². The van der Waals surface area contributed by atoms with Gasteiger partial charge in [0.15, 0.2) is 0 Å². The van der Waals surface area contributed by atoms with Crippen LogP contribution in [0.1, 0.15) is 41.5 Å². The Bertz CT molecular complexity index is 750. The molecule has 0 spiro atoms. The zero-order valence-electron chi connectivity index (χ0n) is 30.2. The Balaban J connectivity index is -0.0000000840. The third kappa shape index (κ3) is 51.0. The fourth-order valence-electron chi connectivity index (χ4n) is 2.40. The van der Waals surface area contributed by atoms with E-state index in [1.165, 1.54) is 14.2 Å². The molecule has 0 heterocycles. The van der Waals surface area contributed by atoms with Crippen molar-refractivity contribution >= 4 is 79.4 Å². The van der Waals surface area contributed by atoms with Gasteiger partial charge < -0.3 is 55.2 Å². The number of rotatable bonds is 18. The largest absolute Gasteiger partial charge is 0.495 e. The SMILES string of the molecule is C.C.C=C(C)C(=O)OCCC[Si](O)(O)OC.CO[SiH](C)OC.CO[Si](O)(O)CCCOC(=O)C(C)C[Si](C)(OC)OC.[B]PC.[B]PC.[Pt].